The van der Waals surface area contributed by atoms with Gasteiger partial charge in [-0.2, -0.15) is 0 Å². The second kappa shape index (κ2) is 7.97. The van der Waals surface area contributed by atoms with Crippen LogP contribution >= 0.6 is 0 Å². The SMILES string of the molecule is CC1CN(C(=O)c2ccc(NC(=O)C3CCCCN3)cc2)CC(C)O1. The number of carbonyl (C=O) groups excluding carboxylic acids is 2. The van der Waals surface area contributed by atoms with Crippen molar-refractivity contribution in [2.45, 2.75) is 51.4 Å². The number of carbonyl (C=O) groups is 2. The van der Waals surface area contributed by atoms with Crippen LogP contribution in [-0.2, 0) is 9.53 Å². The van der Waals surface area contributed by atoms with Crippen LogP contribution in [0.15, 0.2) is 24.3 Å². The maximum absolute atomic E-state index is 12.6. The molecule has 0 saturated carbocycles. The molecule has 2 N–H and O–H groups in total. The topological polar surface area (TPSA) is 70.7 Å². The van der Waals surface area contributed by atoms with Gasteiger partial charge < -0.3 is 20.3 Å². The number of rotatable bonds is 3. The van der Waals surface area contributed by atoms with Crippen molar-refractivity contribution in [3.63, 3.8) is 0 Å². The highest BCUT2D eigenvalue weighted by molar-refractivity contribution is 5.97. The van der Waals surface area contributed by atoms with Gasteiger partial charge in [-0.15, -0.1) is 0 Å². The van der Waals surface area contributed by atoms with Gasteiger partial charge in [-0.05, 0) is 57.5 Å². The van der Waals surface area contributed by atoms with E-state index in [4.69, 9.17) is 4.74 Å². The molecule has 1 aromatic rings. The highest BCUT2D eigenvalue weighted by Gasteiger charge is 2.26. The molecule has 6 heteroatoms. The van der Waals surface area contributed by atoms with Crippen molar-refractivity contribution in [1.29, 1.82) is 0 Å². The van der Waals surface area contributed by atoms with Crippen LogP contribution in [0.3, 0.4) is 0 Å². The van der Waals surface area contributed by atoms with Gasteiger partial charge in [0.1, 0.15) is 0 Å². The van der Waals surface area contributed by atoms with Gasteiger partial charge in [0.25, 0.3) is 5.91 Å². The fourth-order valence-electron chi connectivity index (χ4n) is 3.53. The van der Waals surface area contributed by atoms with E-state index in [0.717, 1.165) is 31.5 Å². The monoisotopic (exact) mass is 345 g/mol. The number of morpholine rings is 1. The van der Waals surface area contributed by atoms with Gasteiger partial charge in [-0.25, -0.2) is 0 Å². The Bertz CT molecular complexity index is 601. The molecule has 0 spiro atoms. The van der Waals surface area contributed by atoms with Crippen LogP contribution in [-0.4, -0.2) is 54.6 Å². The minimum Gasteiger partial charge on any atom is -0.372 e. The molecule has 2 amide bonds. The minimum atomic E-state index is -0.119. The number of nitrogens with one attached hydrogen (secondary N) is 2. The summed E-state index contributed by atoms with van der Waals surface area (Å²) in [6, 6.07) is 7.02. The van der Waals surface area contributed by atoms with Crippen molar-refractivity contribution in [2.24, 2.45) is 0 Å². The molecule has 1 aromatic carbocycles. The molecule has 2 aliphatic heterocycles. The lowest BCUT2D eigenvalue weighted by molar-refractivity contribution is -0.118. The zero-order chi connectivity index (χ0) is 17.8. The van der Waals surface area contributed by atoms with E-state index in [-0.39, 0.29) is 30.1 Å². The first-order valence-corrected chi connectivity index (χ1v) is 9.12. The molecule has 0 radical (unpaired) electrons. The summed E-state index contributed by atoms with van der Waals surface area (Å²) in [6.45, 7) is 6.06. The van der Waals surface area contributed by atoms with Gasteiger partial charge in [-0.3, -0.25) is 9.59 Å². The Labute approximate surface area is 148 Å². The lowest BCUT2D eigenvalue weighted by Crippen LogP contribution is -2.48. The molecule has 3 rings (SSSR count). The largest absolute Gasteiger partial charge is 0.372 e. The molecule has 2 heterocycles. The standard InChI is InChI=1S/C19H27N3O3/c1-13-11-22(12-14(2)25-13)19(24)15-6-8-16(9-7-15)21-18(23)17-5-3-4-10-20-17/h6-9,13-14,17,20H,3-5,10-12H2,1-2H3,(H,21,23). The van der Waals surface area contributed by atoms with Crippen molar-refractivity contribution in [3.8, 4) is 0 Å². The van der Waals surface area contributed by atoms with Crippen molar-refractivity contribution in [1.82, 2.24) is 10.2 Å². The maximum Gasteiger partial charge on any atom is 0.254 e. The number of hydrogen-bond acceptors (Lipinski definition) is 4. The Hall–Kier alpha value is -1.92. The van der Waals surface area contributed by atoms with Crippen LogP contribution in [0.4, 0.5) is 5.69 Å². The fraction of sp³-hybridized carbons (Fsp3) is 0.579. The summed E-state index contributed by atoms with van der Waals surface area (Å²) in [6.07, 6.45) is 3.17. The van der Waals surface area contributed by atoms with Gasteiger partial charge in [0.2, 0.25) is 5.91 Å². The summed E-state index contributed by atoms with van der Waals surface area (Å²) in [5.74, 6) is 0.00318. The molecule has 2 fully saturated rings. The Kier molecular flexibility index (Phi) is 5.71. The molecule has 6 nitrogen and oxygen atoms in total. The quantitative estimate of drug-likeness (QED) is 0.879. The molecule has 0 aliphatic carbocycles. The van der Waals surface area contributed by atoms with Crippen LogP contribution in [0, 0.1) is 0 Å². The highest BCUT2D eigenvalue weighted by Crippen LogP contribution is 2.17. The third kappa shape index (κ3) is 4.58. The zero-order valence-electron chi connectivity index (χ0n) is 15.0. The summed E-state index contributed by atoms with van der Waals surface area (Å²) in [5, 5.41) is 6.16. The number of hydrogen-bond donors (Lipinski definition) is 2. The van der Waals surface area contributed by atoms with E-state index in [0.29, 0.717) is 18.7 Å². The van der Waals surface area contributed by atoms with Gasteiger partial charge in [-0.1, -0.05) is 6.42 Å². The van der Waals surface area contributed by atoms with Gasteiger partial charge in [0.05, 0.1) is 18.2 Å². The Morgan fingerprint density at radius 1 is 1.12 bits per heavy atom. The van der Waals surface area contributed by atoms with Crippen molar-refractivity contribution < 1.29 is 14.3 Å². The van der Waals surface area contributed by atoms with Crippen LogP contribution in [0.2, 0.25) is 0 Å². The normalized spacial score (nSPS) is 27.0. The molecular formula is C19H27N3O3. The smallest absolute Gasteiger partial charge is 0.254 e. The summed E-state index contributed by atoms with van der Waals surface area (Å²) in [4.78, 5) is 26.7. The molecular weight excluding hydrogens is 318 g/mol. The van der Waals surface area contributed by atoms with Crippen LogP contribution in [0.5, 0.6) is 0 Å². The molecule has 25 heavy (non-hydrogen) atoms. The summed E-state index contributed by atoms with van der Waals surface area (Å²) in [7, 11) is 0. The summed E-state index contributed by atoms with van der Waals surface area (Å²) >= 11 is 0. The first kappa shape index (κ1) is 17.9. The van der Waals surface area contributed by atoms with E-state index in [9.17, 15) is 9.59 Å². The van der Waals surface area contributed by atoms with E-state index < -0.39 is 0 Å². The Balaban J connectivity index is 1.59. The molecule has 3 atom stereocenters. The number of benzene rings is 1. The maximum atomic E-state index is 12.6. The number of piperidine rings is 1. The predicted octanol–water partition coefficient (Wildman–Crippen LogP) is 2.02. The molecule has 0 aromatic heterocycles. The van der Waals surface area contributed by atoms with Crippen molar-refractivity contribution in [2.75, 3.05) is 25.0 Å². The average molecular weight is 345 g/mol. The Morgan fingerprint density at radius 2 is 1.80 bits per heavy atom. The predicted molar refractivity (Wildman–Crippen MR) is 96.6 cm³/mol. The first-order valence-electron chi connectivity index (χ1n) is 9.12. The van der Waals surface area contributed by atoms with Crippen LogP contribution < -0.4 is 10.6 Å². The van der Waals surface area contributed by atoms with Gasteiger partial charge in [0, 0.05) is 24.3 Å². The third-order valence-electron chi connectivity index (χ3n) is 4.73. The minimum absolute atomic E-state index is 0.00500. The number of anilines is 1. The second-order valence-corrected chi connectivity index (χ2v) is 7.04. The fourth-order valence-corrected chi connectivity index (χ4v) is 3.53. The van der Waals surface area contributed by atoms with Crippen molar-refractivity contribution in [3.05, 3.63) is 29.8 Å². The molecule has 3 unspecified atom stereocenters. The second-order valence-electron chi connectivity index (χ2n) is 7.04. The van der Waals surface area contributed by atoms with Gasteiger partial charge in [0.15, 0.2) is 0 Å². The van der Waals surface area contributed by atoms with Crippen LogP contribution in [0.1, 0.15) is 43.5 Å². The summed E-state index contributed by atoms with van der Waals surface area (Å²) in [5.41, 5.74) is 1.35. The first-order chi connectivity index (χ1) is 12.0. The number of ether oxygens (including phenoxy) is 1. The number of amides is 2. The lowest BCUT2D eigenvalue weighted by Gasteiger charge is -2.35. The third-order valence-corrected chi connectivity index (χ3v) is 4.73. The van der Waals surface area contributed by atoms with E-state index in [1.165, 1.54) is 0 Å². The number of nitrogens with zero attached hydrogens (tertiary/aromatic N) is 1. The van der Waals surface area contributed by atoms with Gasteiger partial charge >= 0.3 is 0 Å². The molecule has 0 bridgehead atoms. The Morgan fingerprint density at radius 3 is 2.40 bits per heavy atom. The van der Waals surface area contributed by atoms with E-state index in [1.54, 1.807) is 24.3 Å². The molecule has 136 valence electrons. The van der Waals surface area contributed by atoms with Crippen molar-refractivity contribution >= 4 is 17.5 Å². The molecule has 2 aliphatic rings. The summed E-state index contributed by atoms with van der Waals surface area (Å²) < 4.78 is 5.68. The van der Waals surface area contributed by atoms with E-state index in [1.807, 2.05) is 18.7 Å². The highest BCUT2D eigenvalue weighted by atomic mass is 16.5. The molecule has 2 saturated heterocycles. The average Bonchev–Trinajstić information content (AvgIpc) is 2.61. The van der Waals surface area contributed by atoms with E-state index >= 15 is 0 Å². The van der Waals surface area contributed by atoms with E-state index in [2.05, 4.69) is 10.6 Å². The zero-order valence-corrected chi connectivity index (χ0v) is 15.0. The lowest BCUT2D eigenvalue weighted by atomic mass is 10.0. The van der Waals surface area contributed by atoms with Crippen LogP contribution in [0.25, 0.3) is 0 Å².